The molecule has 0 bridgehead atoms. The molecular formula is C29H31NO6S. The summed E-state index contributed by atoms with van der Waals surface area (Å²) in [5.74, 6) is -2.64. The number of nitrogens with zero attached hydrogens (tertiary/aromatic N) is 1. The van der Waals surface area contributed by atoms with Crippen molar-refractivity contribution >= 4 is 29.1 Å². The van der Waals surface area contributed by atoms with E-state index in [-0.39, 0.29) is 46.3 Å². The number of fused-ring (bicyclic) bond motifs is 3. The van der Waals surface area contributed by atoms with Crippen LogP contribution in [0.2, 0.25) is 0 Å². The molecule has 2 aromatic carbocycles. The van der Waals surface area contributed by atoms with Gasteiger partial charge in [0.15, 0.2) is 11.4 Å². The van der Waals surface area contributed by atoms with Gasteiger partial charge in [0.2, 0.25) is 5.78 Å². The second kappa shape index (κ2) is 9.35. The molecule has 0 amide bonds. The fourth-order valence-electron chi connectivity index (χ4n) is 6.35. The van der Waals surface area contributed by atoms with E-state index in [1.807, 2.05) is 36.4 Å². The van der Waals surface area contributed by atoms with Gasteiger partial charge in [-0.2, -0.15) is 11.8 Å². The van der Waals surface area contributed by atoms with Crippen molar-refractivity contribution in [3.8, 4) is 5.75 Å². The summed E-state index contributed by atoms with van der Waals surface area (Å²) in [7, 11) is 3.43. The van der Waals surface area contributed by atoms with Crippen molar-refractivity contribution in [2.24, 2.45) is 11.8 Å². The van der Waals surface area contributed by atoms with Crippen molar-refractivity contribution in [1.29, 1.82) is 0 Å². The molecule has 0 spiro atoms. The van der Waals surface area contributed by atoms with E-state index in [4.69, 9.17) is 0 Å². The highest BCUT2D eigenvalue weighted by Gasteiger charge is 2.63. The summed E-state index contributed by atoms with van der Waals surface area (Å²) < 4.78 is 0. The maximum atomic E-state index is 14.0. The third-order valence-corrected chi connectivity index (χ3v) is 9.29. The highest BCUT2D eigenvalue weighted by atomic mass is 32.2. The van der Waals surface area contributed by atoms with Gasteiger partial charge in [-0.15, -0.1) is 0 Å². The molecule has 1 fully saturated rings. The number of carbonyl (C=O) groups excluding carboxylic acids is 2. The van der Waals surface area contributed by atoms with Gasteiger partial charge < -0.3 is 20.4 Å². The monoisotopic (exact) mass is 521 g/mol. The summed E-state index contributed by atoms with van der Waals surface area (Å²) >= 11 is 1.68. The fourth-order valence-corrected chi connectivity index (χ4v) is 7.57. The number of aromatic hydroxyl groups is 1. The quantitative estimate of drug-likeness (QED) is 0.467. The Morgan fingerprint density at radius 1 is 1.03 bits per heavy atom. The maximum Gasteiger partial charge on any atom is 0.202 e. The van der Waals surface area contributed by atoms with Crippen molar-refractivity contribution in [2.75, 3.05) is 19.8 Å². The first-order valence-corrected chi connectivity index (χ1v) is 13.5. The molecule has 5 rings (SSSR count). The molecule has 5 unspecified atom stereocenters. The number of benzene rings is 2. The normalized spacial score (nSPS) is 29.3. The number of carbonyl (C=O) groups is 2. The van der Waals surface area contributed by atoms with Crippen LogP contribution in [0.3, 0.4) is 0 Å². The minimum absolute atomic E-state index is 0.00395. The van der Waals surface area contributed by atoms with Crippen LogP contribution in [-0.2, 0) is 15.3 Å². The van der Waals surface area contributed by atoms with Crippen LogP contribution in [-0.4, -0.2) is 68.4 Å². The zero-order valence-electron chi connectivity index (χ0n) is 21.0. The van der Waals surface area contributed by atoms with Crippen LogP contribution < -0.4 is 0 Å². The van der Waals surface area contributed by atoms with Crippen LogP contribution in [0, 0.1) is 11.8 Å². The summed E-state index contributed by atoms with van der Waals surface area (Å²) in [5.41, 5.74) is -0.322. The molecule has 7 nitrogen and oxygen atoms in total. The van der Waals surface area contributed by atoms with E-state index in [2.05, 4.69) is 0 Å². The third kappa shape index (κ3) is 3.81. The minimum Gasteiger partial charge on any atom is -0.508 e. The van der Waals surface area contributed by atoms with Crippen molar-refractivity contribution in [2.45, 2.75) is 36.7 Å². The number of Topliss-reactive ketones (excluding diaryl/α,β-unsaturated/α-hetero) is 2. The molecular weight excluding hydrogens is 490 g/mol. The lowest BCUT2D eigenvalue weighted by molar-refractivity contribution is -0.153. The first kappa shape index (κ1) is 25.6. The molecule has 3 aliphatic carbocycles. The van der Waals surface area contributed by atoms with E-state index in [0.29, 0.717) is 5.75 Å². The Morgan fingerprint density at radius 2 is 1.73 bits per heavy atom. The summed E-state index contributed by atoms with van der Waals surface area (Å²) in [6, 6.07) is 14.2. The Kier molecular flexibility index (Phi) is 6.46. The van der Waals surface area contributed by atoms with E-state index >= 15 is 0 Å². The number of aliphatic hydroxyl groups excluding tert-OH is 2. The van der Waals surface area contributed by atoms with Crippen molar-refractivity contribution < 1.29 is 30.0 Å². The average molecular weight is 522 g/mol. The molecule has 194 valence electrons. The lowest BCUT2D eigenvalue weighted by Gasteiger charge is -2.51. The average Bonchev–Trinajstić information content (AvgIpc) is 2.87. The second-order valence-electron chi connectivity index (χ2n) is 10.4. The fraction of sp³-hybridized carbons (Fsp3) is 0.379. The van der Waals surface area contributed by atoms with Crippen LogP contribution >= 0.6 is 11.8 Å². The predicted molar refractivity (Wildman–Crippen MR) is 142 cm³/mol. The molecule has 4 N–H and O–H groups in total. The van der Waals surface area contributed by atoms with Gasteiger partial charge in [-0.05, 0) is 50.6 Å². The van der Waals surface area contributed by atoms with Gasteiger partial charge in [-0.1, -0.05) is 42.5 Å². The van der Waals surface area contributed by atoms with Gasteiger partial charge in [-0.3, -0.25) is 14.5 Å². The number of phenolic OH excluding ortho intramolecular Hbond substituents is 1. The molecule has 0 saturated heterocycles. The maximum absolute atomic E-state index is 14.0. The second-order valence-corrected chi connectivity index (χ2v) is 11.4. The predicted octanol–water partition coefficient (Wildman–Crippen LogP) is 3.97. The number of phenols is 1. The van der Waals surface area contributed by atoms with Gasteiger partial charge in [0.1, 0.15) is 17.3 Å². The Morgan fingerprint density at radius 3 is 2.41 bits per heavy atom. The zero-order chi connectivity index (χ0) is 26.6. The number of thioether (sulfide) groups is 1. The number of likely N-dealkylation sites (N-methyl/N-ethyl adjacent to an activating group) is 1. The minimum atomic E-state index is -2.34. The van der Waals surface area contributed by atoms with Gasteiger partial charge in [0.05, 0.1) is 11.6 Å². The summed E-state index contributed by atoms with van der Waals surface area (Å²) in [4.78, 5) is 28.9. The van der Waals surface area contributed by atoms with Crippen LogP contribution in [0.25, 0.3) is 5.76 Å². The molecule has 1 saturated carbocycles. The standard InChI is InChI=1S/C29H31NO6S/c1-15-25(32)24(30(2)3)20-12-18-19(14-37-13-16-8-5-4-6-9-16)17-10-7-11-21(31)22(17)26(33)23(18)28(35)29(20,36)27(15)34/h4-11,18-20,24,31,33-34,36H,12-14H2,1-3H3. The number of aliphatic hydroxyl groups is 3. The Labute approximate surface area is 220 Å². The molecule has 0 radical (unpaired) electrons. The summed E-state index contributed by atoms with van der Waals surface area (Å²) in [6.07, 6.45) is 0.208. The highest BCUT2D eigenvalue weighted by Crippen LogP contribution is 2.56. The molecule has 5 atom stereocenters. The van der Waals surface area contributed by atoms with Gasteiger partial charge >= 0.3 is 0 Å². The molecule has 37 heavy (non-hydrogen) atoms. The van der Waals surface area contributed by atoms with Crippen LogP contribution in [0.1, 0.15) is 36.0 Å². The van der Waals surface area contributed by atoms with E-state index < -0.39 is 35.0 Å². The lowest BCUT2D eigenvalue weighted by Crippen LogP contribution is -2.65. The topological polar surface area (TPSA) is 118 Å². The van der Waals surface area contributed by atoms with E-state index in [9.17, 15) is 30.0 Å². The summed E-state index contributed by atoms with van der Waals surface area (Å²) in [6.45, 7) is 1.40. The van der Waals surface area contributed by atoms with Crippen LogP contribution in [0.4, 0.5) is 0 Å². The molecule has 3 aliphatic rings. The molecule has 0 aliphatic heterocycles. The smallest absolute Gasteiger partial charge is 0.202 e. The van der Waals surface area contributed by atoms with Gasteiger partial charge in [-0.25, -0.2) is 0 Å². The van der Waals surface area contributed by atoms with Crippen LogP contribution in [0.5, 0.6) is 5.75 Å². The number of rotatable bonds is 5. The van der Waals surface area contributed by atoms with E-state index in [1.165, 1.54) is 13.0 Å². The number of hydrogen-bond donors (Lipinski definition) is 4. The van der Waals surface area contributed by atoms with Crippen molar-refractivity contribution in [3.63, 3.8) is 0 Å². The Balaban J connectivity index is 1.62. The Hall–Kier alpha value is -3.07. The van der Waals surface area contributed by atoms with E-state index in [1.54, 1.807) is 36.8 Å². The zero-order valence-corrected chi connectivity index (χ0v) is 21.8. The number of ketones is 2. The molecule has 8 heteroatoms. The molecule has 0 aromatic heterocycles. The SMILES string of the molecule is CC1=C(O)C2(O)C(=O)C3=C(O)c4c(O)cccc4C(CSCc4ccccc4)C3CC2C(N(C)C)C1=O. The molecule has 0 heterocycles. The van der Waals surface area contributed by atoms with Crippen molar-refractivity contribution in [1.82, 2.24) is 4.90 Å². The Bertz CT molecular complexity index is 1330. The van der Waals surface area contributed by atoms with E-state index in [0.717, 1.165) is 16.9 Å². The largest absolute Gasteiger partial charge is 0.508 e. The summed E-state index contributed by atoms with van der Waals surface area (Å²) in [5, 5.41) is 44.7. The highest BCUT2D eigenvalue weighted by molar-refractivity contribution is 7.98. The molecule has 2 aromatic rings. The third-order valence-electron chi connectivity index (χ3n) is 8.16. The first-order chi connectivity index (χ1) is 17.6. The van der Waals surface area contributed by atoms with Crippen molar-refractivity contribution in [3.05, 3.63) is 82.1 Å². The van der Waals surface area contributed by atoms with Gasteiger partial charge in [0, 0.05) is 34.5 Å². The van der Waals surface area contributed by atoms with Gasteiger partial charge in [0.25, 0.3) is 0 Å². The van der Waals surface area contributed by atoms with Crippen LogP contribution in [0.15, 0.2) is 65.4 Å². The lowest BCUT2D eigenvalue weighted by atomic mass is 9.56. The first-order valence-electron chi connectivity index (χ1n) is 12.3. The number of hydrogen-bond acceptors (Lipinski definition) is 8.